The lowest BCUT2D eigenvalue weighted by Crippen LogP contribution is -2.62. The quantitative estimate of drug-likeness (QED) is 0.259. The number of benzene rings is 1. The molecule has 11 heteroatoms. The van der Waals surface area contributed by atoms with Gasteiger partial charge in [0.25, 0.3) is 0 Å². The summed E-state index contributed by atoms with van der Waals surface area (Å²) in [6.45, 7) is 8.39. The Kier molecular flexibility index (Phi) is 10.1. The number of fused-ring (bicyclic) bond motifs is 1. The number of ether oxygens (including phenoxy) is 2. The maximum Gasteiger partial charge on any atom is 0.245 e. The van der Waals surface area contributed by atoms with Crippen molar-refractivity contribution in [2.75, 3.05) is 39.4 Å². The second-order valence-electron chi connectivity index (χ2n) is 9.59. The van der Waals surface area contributed by atoms with Crippen molar-refractivity contribution in [3.05, 3.63) is 23.8 Å². The van der Waals surface area contributed by atoms with Crippen LogP contribution in [0, 0.1) is 5.92 Å². The van der Waals surface area contributed by atoms with Gasteiger partial charge in [-0.05, 0) is 37.6 Å². The Balaban J connectivity index is 1.68. The topological polar surface area (TPSA) is 155 Å². The molecule has 0 unspecified atom stereocenters. The van der Waals surface area contributed by atoms with E-state index in [1.165, 1.54) is 6.92 Å². The van der Waals surface area contributed by atoms with Crippen molar-refractivity contribution in [3.8, 4) is 11.5 Å². The molecule has 6 N–H and O–H groups in total. The first-order valence-electron chi connectivity index (χ1n) is 12.6. The molecule has 2 heterocycles. The van der Waals surface area contributed by atoms with E-state index < -0.39 is 30.1 Å². The monoisotopic (exact) mass is 505 g/mol. The number of amides is 2. The van der Waals surface area contributed by atoms with Crippen molar-refractivity contribution in [3.63, 3.8) is 0 Å². The number of Topliss-reactive ketones (excluding diaryl/α,β-unsaturated/α-hetero) is 1. The first-order valence-corrected chi connectivity index (χ1v) is 12.6. The molecule has 0 saturated carbocycles. The Hall–Kier alpha value is -2.73. The summed E-state index contributed by atoms with van der Waals surface area (Å²) < 4.78 is 11.3. The Labute approximate surface area is 212 Å². The second kappa shape index (κ2) is 13.0. The molecule has 0 aromatic heterocycles. The number of nitrogens with two attached hydrogens (primary N) is 1. The third kappa shape index (κ3) is 7.16. The lowest BCUT2D eigenvalue weighted by molar-refractivity contribution is -0.136. The predicted molar refractivity (Wildman–Crippen MR) is 134 cm³/mol. The van der Waals surface area contributed by atoms with Gasteiger partial charge in [-0.2, -0.15) is 0 Å². The zero-order valence-electron chi connectivity index (χ0n) is 21.3. The first-order chi connectivity index (χ1) is 17.2. The van der Waals surface area contributed by atoms with E-state index in [4.69, 9.17) is 15.2 Å². The fraction of sp³-hybridized carbons (Fsp3) is 0.640. The number of carbonyl (C=O) groups is 3. The maximum atomic E-state index is 13.3. The van der Waals surface area contributed by atoms with Crippen LogP contribution < -0.4 is 31.2 Å². The number of hydrogen-bond acceptors (Lipinski definition) is 9. The van der Waals surface area contributed by atoms with Gasteiger partial charge in [0.1, 0.15) is 25.3 Å². The van der Waals surface area contributed by atoms with Gasteiger partial charge >= 0.3 is 0 Å². The smallest absolute Gasteiger partial charge is 0.245 e. The predicted octanol–water partition coefficient (Wildman–Crippen LogP) is -0.844. The van der Waals surface area contributed by atoms with Crippen LogP contribution in [-0.4, -0.2) is 91.2 Å². The SMILES string of the molecule is CC(C)C(=O)[C@H](CCN)NC(=O)[C@@H](NC(=O)[C@@H]1CNCCN1Cc1ccc2c(c1)OCCO2)[C@H](C)O. The number of nitrogens with one attached hydrogen (secondary N) is 3. The molecule has 36 heavy (non-hydrogen) atoms. The van der Waals surface area contributed by atoms with Crippen LogP contribution >= 0.6 is 0 Å². The molecule has 2 aliphatic heterocycles. The number of aliphatic hydroxyl groups is 1. The van der Waals surface area contributed by atoms with Crippen LogP contribution in [0.25, 0.3) is 0 Å². The molecule has 1 fully saturated rings. The highest BCUT2D eigenvalue weighted by atomic mass is 16.6. The molecule has 1 aromatic carbocycles. The third-order valence-electron chi connectivity index (χ3n) is 6.40. The van der Waals surface area contributed by atoms with Gasteiger partial charge in [0.05, 0.1) is 12.1 Å². The molecule has 200 valence electrons. The largest absolute Gasteiger partial charge is 0.486 e. The number of ketones is 1. The minimum atomic E-state index is -1.21. The summed E-state index contributed by atoms with van der Waals surface area (Å²) >= 11 is 0. The van der Waals surface area contributed by atoms with Crippen LogP contribution in [-0.2, 0) is 20.9 Å². The molecule has 2 amide bonds. The van der Waals surface area contributed by atoms with Gasteiger partial charge in [0, 0.05) is 32.1 Å². The summed E-state index contributed by atoms with van der Waals surface area (Å²) in [6.07, 6.45) is -0.886. The normalized spacial score (nSPS) is 20.3. The number of rotatable bonds is 11. The van der Waals surface area contributed by atoms with Gasteiger partial charge in [-0.1, -0.05) is 19.9 Å². The highest BCUT2D eigenvalue weighted by Crippen LogP contribution is 2.31. The summed E-state index contributed by atoms with van der Waals surface area (Å²) in [6, 6.07) is 3.18. The molecule has 0 radical (unpaired) electrons. The van der Waals surface area contributed by atoms with E-state index in [2.05, 4.69) is 16.0 Å². The highest BCUT2D eigenvalue weighted by molar-refractivity contribution is 5.94. The van der Waals surface area contributed by atoms with Crippen LogP contribution in [0.1, 0.15) is 32.8 Å². The van der Waals surface area contributed by atoms with Crippen molar-refractivity contribution in [2.24, 2.45) is 11.7 Å². The number of nitrogens with zero attached hydrogens (tertiary/aromatic N) is 1. The molecule has 1 saturated heterocycles. The fourth-order valence-electron chi connectivity index (χ4n) is 4.39. The molecular formula is C25H39N5O6. The van der Waals surface area contributed by atoms with Gasteiger partial charge in [0.15, 0.2) is 17.3 Å². The summed E-state index contributed by atoms with van der Waals surface area (Å²) in [7, 11) is 0. The van der Waals surface area contributed by atoms with Gasteiger partial charge < -0.3 is 36.3 Å². The van der Waals surface area contributed by atoms with E-state index >= 15 is 0 Å². The van der Waals surface area contributed by atoms with E-state index in [9.17, 15) is 19.5 Å². The van der Waals surface area contributed by atoms with E-state index in [1.54, 1.807) is 13.8 Å². The van der Waals surface area contributed by atoms with E-state index in [1.807, 2.05) is 23.1 Å². The molecular weight excluding hydrogens is 466 g/mol. The highest BCUT2D eigenvalue weighted by Gasteiger charge is 2.35. The average Bonchev–Trinajstić information content (AvgIpc) is 2.86. The number of piperazine rings is 1. The van der Waals surface area contributed by atoms with Crippen molar-refractivity contribution < 1.29 is 29.0 Å². The molecule has 4 atom stereocenters. The zero-order valence-corrected chi connectivity index (χ0v) is 21.3. The van der Waals surface area contributed by atoms with Crippen LogP contribution in [0.2, 0.25) is 0 Å². The van der Waals surface area contributed by atoms with Crippen LogP contribution in [0.5, 0.6) is 11.5 Å². The summed E-state index contributed by atoms with van der Waals surface area (Å²) in [4.78, 5) is 40.8. The van der Waals surface area contributed by atoms with Gasteiger partial charge in [-0.25, -0.2) is 0 Å². The summed E-state index contributed by atoms with van der Waals surface area (Å²) in [5.41, 5.74) is 6.60. The molecule has 0 aliphatic carbocycles. The Morgan fingerprint density at radius 3 is 2.56 bits per heavy atom. The fourth-order valence-corrected chi connectivity index (χ4v) is 4.39. The van der Waals surface area contributed by atoms with Crippen LogP contribution in [0.15, 0.2) is 18.2 Å². The molecule has 0 spiro atoms. The van der Waals surface area contributed by atoms with E-state index in [0.717, 1.165) is 5.56 Å². The van der Waals surface area contributed by atoms with Gasteiger partial charge in [0.2, 0.25) is 11.8 Å². The lowest BCUT2D eigenvalue weighted by atomic mass is 9.98. The zero-order chi connectivity index (χ0) is 26.2. The van der Waals surface area contributed by atoms with Gasteiger partial charge in [-0.15, -0.1) is 0 Å². The summed E-state index contributed by atoms with van der Waals surface area (Å²) in [5, 5.41) is 18.9. The van der Waals surface area contributed by atoms with Crippen LogP contribution in [0.4, 0.5) is 0 Å². The average molecular weight is 506 g/mol. The Bertz CT molecular complexity index is 924. The Morgan fingerprint density at radius 1 is 1.17 bits per heavy atom. The molecule has 3 rings (SSSR count). The van der Waals surface area contributed by atoms with Crippen molar-refractivity contribution in [1.82, 2.24) is 20.9 Å². The van der Waals surface area contributed by atoms with Crippen molar-refractivity contribution in [1.29, 1.82) is 0 Å². The minimum Gasteiger partial charge on any atom is -0.486 e. The molecule has 2 aliphatic rings. The molecule has 11 nitrogen and oxygen atoms in total. The maximum absolute atomic E-state index is 13.3. The van der Waals surface area contributed by atoms with Crippen LogP contribution in [0.3, 0.4) is 0 Å². The van der Waals surface area contributed by atoms with E-state index in [0.29, 0.717) is 50.9 Å². The third-order valence-corrected chi connectivity index (χ3v) is 6.40. The minimum absolute atomic E-state index is 0.147. The summed E-state index contributed by atoms with van der Waals surface area (Å²) in [5.74, 6) is -0.0484. The molecule has 1 aromatic rings. The standard InChI is InChI=1S/C25H39N5O6/c1-15(2)23(32)18(6-7-26)28-25(34)22(16(3)31)29-24(33)19-13-27-8-9-30(19)14-17-4-5-20-21(12-17)36-11-10-35-20/h4-5,12,15-16,18-19,22,27,31H,6-11,13-14,26H2,1-3H3,(H,28,34)(H,29,33)/t16-,18-,19-,22-/m0/s1. The molecule has 0 bridgehead atoms. The van der Waals surface area contributed by atoms with Crippen molar-refractivity contribution in [2.45, 2.75) is 58.0 Å². The second-order valence-corrected chi connectivity index (χ2v) is 9.59. The number of carbonyl (C=O) groups excluding carboxylic acids is 3. The first kappa shape index (κ1) is 27.9. The van der Waals surface area contributed by atoms with Gasteiger partial charge in [-0.3, -0.25) is 19.3 Å². The number of hydrogen-bond donors (Lipinski definition) is 5. The van der Waals surface area contributed by atoms with Crippen molar-refractivity contribution >= 4 is 17.6 Å². The Morgan fingerprint density at radius 2 is 1.89 bits per heavy atom. The van der Waals surface area contributed by atoms with E-state index in [-0.39, 0.29) is 30.6 Å². The number of aliphatic hydroxyl groups excluding tert-OH is 1. The lowest BCUT2D eigenvalue weighted by Gasteiger charge is -2.36.